The second kappa shape index (κ2) is 16.1. The van der Waals surface area contributed by atoms with E-state index in [0.29, 0.717) is 62.3 Å². The number of nitriles is 2. The Kier molecular flexibility index (Phi) is 10.0. The van der Waals surface area contributed by atoms with Crippen LogP contribution in [-0.4, -0.2) is 39.4 Å². The summed E-state index contributed by atoms with van der Waals surface area (Å²) in [7, 11) is 5.53. The van der Waals surface area contributed by atoms with Crippen LogP contribution in [0.5, 0.6) is 11.5 Å². The zero-order chi connectivity index (χ0) is 46.2. The molecule has 0 spiro atoms. The molecule has 0 amide bonds. The van der Waals surface area contributed by atoms with E-state index < -0.39 is 5.92 Å². The maximum atomic E-state index is 14.2. The summed E-state index contributed by atoms with van der Waals surface area (Å²) in [6, 6.07) is 47.2. The summed E-state index contributed by atoms with van der Waals surface area (Å²) in [6.07, 6.45) is 0. The number of fused-ring (bicyclic) bond motifs is 4. The Morgan fingerprint density at radius 1 is 0.612 bits per heavy atom. The summed E-state index contributed by atoms with van der Waals surface area (Å²) in [5.74, 6) is -0.292. The largest absolute Gasteiger partial charge is 0.497 e. The molecular formula is C57H37N3O5S2. The average Bonchev–Trinajstić information content (AvgIpc) is 3.36. The van der Waals surface area contributed by atoms with Gasteiger partial charge in [-0.15, -0.1) is 11.3 Å². The smallest absolute Gasteiger partial charge is 0.199 e. The molecule has 1 aromatic heterocycles. The number of ether oxygens (including phenoxy) is 2. The lowest BCUT2D eigenvalue weighted by Crippen LogP contribution is -2.28. The van der Waals surface area contributed by atoms with Crippen molar-refractivity contribution >= 4 is 92.8 Å². The number of ketones is 2. The molecule has 0 N–H and O–H groups in total. The summed E-state index contributed by atoms with van der Waals surface area (Å²) in [5, 5.41) is 26.9. The number of hydrogen-bond donors (Lipinski definition) is 0. The van der Waals surface area contributed by atoms with E-state index >= 15 is 0 Å². The first-order chi connectivity index (χ1) is 32.6. The third-order valence-corrected chi connectivity index (χ3v) is 15.2. The van der Waals surface area contributed by atoms with Crippen LogP contribution >= 0.6 is 23.1 Å². The van der Waals surface area contributed by atoms with Crippen LogP contribution in [0.15, 0.2) is 148 Å². The molecule has 2 heterocycles. The molecule has 1 unspecified atom stereocenters. The molecule has 67 heavy (non-hydrogen) atoms. The van der Waals surface area contributed by atoms with Crippen LogP contribution in [0.25, 0.3) is 74.7 Å². The average molecular weight is 908 g/mol. The second-order valence-electron chi connectivity index (χ2n) is 16.7. The Hall–Kier alpha value is -8.02. The van der Waals surface area contributed by atoms with Crippen molar-refractivity contribution in [3.05, 3.63) is 172 Å². The summed E-state index contributed by atoms with van der Waals surface area (Å²) in [4.78, 5) is 45.6. The highest BCUT2D eigenvalue weighted by atomic mass is 32.2. The van der Waals surface area contributed by atoms with Crippen molar-refractivity contribution in [2.75, 3.05) is 32.7 Å². The molecule has 10 heteroatoms. The summed E-state index contributed by atoms with van der Waals surface area (Å²) in [6.45, 7) is 2.36. The molecule has 0 radical (unpaired) electrons. The Morgan fingerprint density at radius 2 is 1.36 bits per heavy atom. The highest BCUT2D eigenvalue weighted by Crippen LogP contribution is 2.52. The van der Waals surface area contributed by atoms with Gasteiger partial charge in [-0.2, -0.15) is 10.5 Å². The monoisotopic (exact) mass is 907 g/mol. The summed E-state index contributed by atoms with van der Waals surface area (Å²) < 4.78 is 13.6. The lowest BCUT2D eigenvalue weighted by atomic mass is 9.74. The molecule has 1 aliphatic carbocycles. The quantitative estimate of drug-likeness (QED) is 0.0912. The normalized spacial score (nSPS) is 13.6. The fourth-order valence-electron chi connectivity index (χ4n) is 9.88. The van der Waals surface area contributed by atoms with E-state index in [9.17, 15) is 24.9 Å². The van der Waals surface area contributed by atoms with E-state index in [0.717, 1.165) is 73.9 Å². The van der Waals surface area contributed by atoms with Crippen LogP contribution in [0.2, 0.25) is 0 Å². The molecule has 0 bridgehead atoms. The van der Waals surface area contributed by atoms with Crippen LogP contribution < -0.4 is 19.8 Å². The van der Waals surface area contributed by atoms with Gasteiger partial charge in [0, 0.05) is 82.4 Å². The molecule has 9 aromatic carbocycles. The van der Waals surface area contributed by atoms with E-state index in [1.165, 1.54) is 0 Å². The molecule has 322 valence electrons. The first-order valence-electron chi connectivity index (χ1n) is 21.7. The number of anilines is 1. The molecule has 12 rings (SSSR count). The van der Waals surface area contributed by atoms with E-state index in [-0.39, 0.29) is 17.0 Å². The van der Waals surface area contributed by atoms with Crippen molar-refractivity contribution < 1.29 is 19.1 Å². The molecule has 10 aromatic rings. The second-order valence-corrected chi connectivity index (χ2v) is 18.8. The van der Waals surface area contributed by atoms with Gasteiger partial charge in [0.2, 0.25) is 0 Å². The molecule has 1 aliphatic heterocycles. The third kappa shape index (κ3) is 6.36. The highest BCUT2D eigenvalue weighted by molar-refractivity contribution is 7.99. The highest BCUT2D eigenvalue weighted by Gasteiger charge is 2.40. The first-order valence-corrected chi connectivity index (χ1v) is 23.3. The number of benzene rings is 9. The van der Waals surface area contributed by atoms with Crippen molar-refractivity contribution in [3.8, 4) is 45.9 Å². The standard InChI is InChI=1S/C30H22N2O2S.C27H15NO3S/c1-4-34-30-21-13-14-24-27-22(20-7-5-6-8-23(20)35-24)15-18(16-31)25(28(21)27)29(33)26(30)17-9-11-19(12-10-17)32(2)3;1-31-16-8-6-14(7-9-16)23-26(29)18-10-11-21-24-19(17-4-2-3-5-20(17)32-21)12-15(13-28)22(25(18)24)27(23)30/h5-15H,4H2,1-3H3;2-12,23H,1H3. The summed E-state index contributed by atoms with van der Waals surface area (Å²) in [5.41, 5.74) is 6.24. The zero-order valence-electron chi connectivity index (χ0n) is 36.7. The van der Waals surface area contributed by atoms with E-state index in [1.807, 2.05) is 111 Å². The topological polar surface area (TPSA) is 120 Å². The van der Waals surface area contributed by atoms with Crippen LogP contribution in [0.1, 0.15) is 50.2 Å². The molecule has 0 fully saturated rings. The SMILES string of the molecule is CCOc1c(-c2ccc(N(C)C)cc2)c(=O)c2c(C#N)cc3c4ccccc4sc4ccc1c2c43.COc1ccc(C2C(=O)c3ccc4c5c(cc(C#N)c(c35)C2=O)-c2ccccc2S4)cc1. The number of Topliss-reactive ketones (excluding diaryl/α,β-unsaturated/α-hetero) is 2. The first kappa shape index (κ1) is 41.7. The minimum atomic E-state index is -0.969. The number of nitrogens with zero attached hydrogens (tertiary/aromatic N) is 3. The van der Waals surface area contributed by atoms with Gasteiger partial charge in [0.1, 0.15) is 17.4 Å². The minimum Gasteiger partial charge on any atom is -0.497 e. The Balaban J connectivity index is 0.000000148. The van der Waals surface area contributed by atoms with Crippen LogP contribution in [-0.2, 0) is 0 Å². The predicted molar refractivity (Wildman–Crippen MR) is 270 cm³/mol. The molecule has 8 nitrogen and oxygen atoms in total. The van der Waals surface area contributed by atoms with Gasteiger partial charge in [-0.3, -0.25) is 14.4 Å². The van der Waals surface area contributed by atoms with E-state index in [1.54, 1.807) is 60.5 Å². The number of methoxy groups -OCH3 is 1. The van der Waals surface area contributed by atoms with Gasteiger partial charge in [0.25, 0.3) is 0 Å². The van der Waals surface area contributed by atoms with Crippen molar-refractivity contribution in [1.29, 1.82) is 10.5 Å². The van der Waals surface area contributed by atoms with Gasteiger partial charge >= 0.3 is 0 Å². The lowest BCUT2D eigenvalue weighted by molar-refractivity contribution is 0.0855. The summed E-state index contributed by atoms with van der Waals surface area (Å²) >= 11 is 3.33. The molecule has 2 aliphatic rings. The van der Waals surface area contributed by atoms with Crippen molar-refractivity contribution in [2.24, 2.45) is 0 Å². The molecule has 0 saturated heterocycles. The van der Waals surface area contributed by atoms with Crippen molar-refractivity contribution in [1.82, 2.24) is 0 Å². The minimum absolute atomic E-state index is 0.164. The zero-order valence-corrected chi connectivity index (χ0v) is 38.3. The molecule has 1 atom stereocenters. The Morgan fingerprint density at radius 3 is 2.09 bits per heavy atom. The number of carbonyl (C=O) groups excluding carboxylic acids is 2. The fraction of sp³-hybridized carbons (Fsp3) is 0.105. The van der Waals surface area contributed by atoms with Gasteiger partial charge in [0.05, 0.1) is 42.5 Å². The van der Waals surface area contributed by atoms with Crippen molar-refractivity contribution in [3.63, 3.8) is 0 Å². The van der Waals surface area contributed by atoms with Crippen LogP contribution in [0.3, 0.4) is 0 Å². The number of rotatable bonds is 6. The van der Waals surface area contributed by atoms with E-state index in [2.05, 4.69) is 30.3 Å². The van der Waals surface area contributed by atoms with Crippen molar-refractivity contribution in [2.45, 2.75) is 22.6 Å². The maximum absolute atomic E-state index is 14.2. The van der Waals surface area contributed by atoms with Gasteiger partial charge in [-0.1, -0.05) is 72.4 Å². The van der Waals surface area contributed by atoms with Gasteiger partial charge < -0.3 is 14.4 Å². The number of hydrogen-bond acceptors (Lipinski definition) is 10. The van der Waals surface area contributed by atoms with Crippen LogP contribution in [0, 0.1) is 22.7 Å². The van der Waals surface area contributed by atoms with Gasteiger partial charge in [-0.05, 0) is 113 Å². The Bertz CT molecular complexity index is 3900. The number of carbonyl (C=O) groups is 2. The third-order valence-electron chi connectivity index (χ3n) is 12.9. The molecular weight excluding hydrogens is 871 g/mol. The Labute approximate surface area is 393 Å². The lowest BCUT2D eigenvalue weighted by Gasteiger charge is -2.28. The molecule has 0 saturated carbocycles. The predicted octanol–water partition coefficient (Wildman–Crippen LogP) is 13.2. The van der Waals surface area contributed by atoms with E-state index in [4.69, 9.17) is 9.47 Å². The fourth-order valence-corrected chi connectivity index (χ4v) is 12.1. The van der Waals surface area contributed by atoms with Crippen LogP contribution in [0.4, 0.5) is 5.69 Å². The maximum Gasteiger partial charge on any atom is 0.199 e. The van der Waals surface area contributed by atoms with Gasteiger partial charge in [0.15, 0.2) is 17.0 Å². The van der Waals surface area contributed by atoms with Gasteiger partial charge in [-0.25, -0.2) is 0 Å².